The minimum atomic E-state index is -0.553. The molecule has 0 radical (unpaired) electrons. The predicted molar refractivity (Wildman–Crippen MR) is 117 cm³/mol. The fourth-order valence-corrected chi connectivity index (χ4v) is 3.37. The number of anilines is 2. The lowest BCUT2D eigenvalue weighted by molar-refractivity contribution is 0.196. The second-order valence-corrected chi connectivity index (χ2v) is 7.15. The molecule has 2 aromatic heterocycles. The van der Waals surface area contributed by atoms with Gasteiger partial charge in [0.25, 0.3) is 5.56 Å². The van der Waals surface area contributed by atoms with Gasteiger partial charge in [0.15, 0.2) is 5.82 Å². The number of nitrogen functional groups attached to an aromatic ring is 1. The van der Waals surface area contributed by atoms with E-state index >= 15 is 0 Å². The maximum atomic E-state index is 12.8. The minimum absolute atomic E-state index is 0.101. The Balaban J connectivity index is 2.00. The molecule has 0 amide bonds. The van der Waals surface area contributed by atoms with Crippen molar-refractivity contribution in [1.82, 2.24) is 29.8 Å². The first-order valence-electron chi connectivity index (χ1n) is 10.2. The van der Waals surface area contributed by atoms with Crippen LogP contribution in [0.3, 0.4) is 0 Å². The first kappa shape index (κ1) is 22.2. The van der Waals surface area contributed by atoms with Crippen molar-refractivity contribution in [2.45, 2.75) is 39.4 Å². The van der Waals surface area contributed by atoms with Crippen LogP contribution in [0, 0.1) is 0 Å². The summed E-state index contributed by atoms with van der Waals surface area (Å²) >= 11 is 0. The molecule has 11 nitrogen and oxygen atoms in total. The molecule has 1 aromatic carbocycles. The molecule has 0 saturated heterocycles. The van der Waals surface area contributed by atoms with Crippen LogP contribution in [0.15, 0.2) is 39.9 Å². The van der Waals surface area contributed by atoms with Gasteiger partial charge in [0.1, 0.15) is 11.5 Å². The lowest BCUT2D eigenvalue weighted by Gasteiger charge is -2.25. The number of hydrogen-bond donors (Lipinski definition) is 2. The molecule has 3 rings (SSSR count). The Morgan fingerprint density at radius 2 is 2.00 bits per heavy atom. The topological polar surface area (TPSA) is 137 Å². The third-order valence-corrected chi connectivity index (χ3v) is 4.86. The van der Waals surface area contributed by atoms with Crippen LogP contribution in [0.4, 0.5) is 11.5 Å². The molecular formula is C20H28N8O3. The number of tetrazole rings is 1. The summed E-state index contributed by atoms with van der Waals surface area (Å²) in [4.78, 5) is 29.5. The van der Waals surface area contributed by atoms with Crippen LogP contribution >= 0.6 is 0 Å². The van der Waals surface area contributed by atoms with Crippen LogP contribution in [-0.4, -0.2) is 50.0 Å². The van der Waals surface area contributed by atoms with Gasteiger partial charge in [-0.2, -0.15) is 0 Å². The van der Waals surface area contributed by atoms with Crippen LogP contribution in [0.5, 0.6) is 0 Å². The quantitative estimate of drug-likeness (QED) is 0.424. The zero-order chi connectivity index (χ0) is 22.2. The number of nitrogens with two attached hydrogens (primary N) is 1. The zero-order valence-corrected chi connectivity index (χ0v) is 17.8. The van der Waals surface area contributed by atoms with Crippen molar-refractivity contribution >= 4 is 11.5 Å². The maximum absolute atomic E-state index is 12.8. The second-order valence-electron chi connectivity index (χ2n) is 7.15. The molecule has 11 heteroatoms. The number of methoxy groups -OCH3 is 1. The lowest BCUT2D eigenvalue weighted by atomic mass is 10.2. The van der Waals surface area contributed by atoms with Gasteiger partial charge in [-0.25, -0.2) is 9.48 Å². The SMILES string of the molecule is CCCn1nnnc1CN(CCCOC)c1c(N)n(Cc2ccccc2)c(=O)[nH]c1=O. The monoisotopic (exact) mass is 428 g/mol. The molecule has 0 bridgehead atoms. The number of benzene rings is 1. The second kappa shape index (κ2) is 10.5. The summed E-state index contributed by atoms with van der Waals surface area (Å²) in [6.07, 6.45) is 1.52. The number of hydrogen-bond acceptors (Lipinski definition) is 8. The molecule has 0 atom stereocenters. The number of aryl methyl sites for hydroxylation is 1. The number of nitrogens with zero attached hydrogens (tertiary/aromatic N) is 6. The van der Waals surface area contributed by atoms with E-state index < -0.39 is 11.2 Å². The Bertz CT molecular complexity index is 1090. The molecule has 0 unspecified atom stereocenters. The molecule has 3 aromatic rings. The van der Waals surface area contributed by atoms with Crippen LogP contribution in [-0.2, 0) is 24.4 Å². The van der Waals surface area contributed by atoms with Gasteiger partial charge in [0.05, 0.1) is 13.1 Å². The van der Waals surface area contributed by atoms with Crippen molar-refractivity contribution in [3.8, 4) is 0 Å². The van der Waals surface area contributed by atoms with Crippen molar-refractivity contribution in [2.24, 2.45) is 0 Å². The number of aromatic amines is 1. The standard InChI is InChI=1S/C20H28N8O3/c1-3-10-28-16(23-24-25-28)14-26(11-7-12-31-2)17-18(21)27(20(30)22-19(17)29)13-15-8-5-4-6-9-15/h4-6,8-9H,3,7,10-14,21H2,1-2H3,(H,22,29,30). The molecular weight excluding hydrogens is 400 g/mol. The number of rotatable bonds is 11. The zero-order valence-electron chi connectivity index (χ0n) is 17.8. The maximum Gasteiger partial charge on any atom is 0.330 e. The van der Waals surface area contributed by atoms with E-state index in [1.807, 2.05) is 37.3 Å². The lowest BCUT2D eigenvalue weighted by Crippen LogP contribution is -2.39. The Morgan fingerprint density at radius 1 is 1.23 bits per heavy atom. The fourth-order valence-electron chi connectivity index (χ4n) is 3.37. The van der Waals surface area contributed by atoms with E-state index in [-0.39, 0.29) is 24.6 Å². The van der Waals surface area contributed by atoms with Gasteiger partial charge in [0.2, 0.25) is 0 Å². The Kier molecular flexibility index (Phi) is 7.55. The molecule has 0 saturated carbocycles. The summed E-state index contributed by atoms with van der Waals surface area (Å²) in [5.41, 5.74) is 6.39. The summed E-state index contributed by atoms with van der Waals surface area (Å²) in [7, 11) is 1.62. The molecule has 0 spiro atoms. The van der Waals surface area contributed by atoms with Crippen molar-refractivity contribution in [2.75, 3.05) is 30.9 Å². The first-order chi connectivity index (χ1) is 15.0. The molecule has 2 heterocycles. The summed E-state index contributed by atoms with van der Waals surface area (Å²) in [6, 6.07) is 9.45. The smallest absolute Gasteiger partial charge is 0.330 e. The van der Waals surface area contributed by atoms with Crippen molar-refractivity contribution < 1.29 is 4.74 Å². The normalized spacial score (nSPS) is 11.0. The summed E-state index contributed by atoms with van der Waals surface area (Å²) in [5, 5.41) is 11.9. The van der Waals surface area contributed by atoms with Crippen LogP contribution in [0.25, 0.3) is 0 Å². The van der Waals surface area contributed by atoms with E-state index in [2.05, 4.69) is 20.5 Å². The molecule has 3 N–H and O–H groups in total. The highest BCUT2D eigenvalue weighted by Crippen LogP contribution is 2.20. The number of ether oxygens (including phenoxy) is 1. The predicted octanol–water partition coefficient (Wildman–Crippen LogP) is 0.607. The first-order valence-corrected chi connectivity index (χ1v) is 10.2. The fraction of sp³-hybridized carbons (Fsp3) is 0.450. The number of nitrogens with one attached hydrogen (secondary N) is 1. The number of H-pyrrole nitrogens is 1. The molecule has 166 valence electrons. The summed E-state index contributed by atoms with van der Waals surface area (Å²) in [6.45, 7) is 4.20. The Labute approximate surface area is 179 Å². The third-order valence-electron chi connectivity index (χ3n) is 4.86. The molecule has 0 fully saturated rings. The van der Waals surface area contributed by atoms with Gasteiger partial charge < -0.3 is 15.4 Å². The molecule has 0 aliphatic heterocycles. The van der Waals surface area contributed by atoms with Crippen molar-refractivity contribution in [3.05, 3.63) is 62.6 Å². The van der Waals surface area contributed by atoms with E-state index in [1.54, 1.807) is 16.7 Å². The highest BCUT2D eigenvalue weighted by molar-refractivity contribution is 5.62. The van der Waals surface area contributed by atoms with E-state index in [4.69, 9.17) is 10.5 Å². The van der Waals surface area contributed by atoms with Gasteiger partial charge in [0, 0.05) is 26.8 Å². The minimum Gasteiger partial charge on any atom is -0.385 e. The van der Waals surface area contributed by atoms with Crippen LogP contribution < -0.4 is 21.9 Å². The summed E-state index contributed by atoms with van der Waals surface area (Å²) in [5.74, 6) is 0.711. The van der Waals surface area contributed by atoms with Gasteiger partial charge >= 0.3 is 5.69 Å². The van der Waals surface area contributed by atoms with E-state index in [0.29, 0.717) is 31.9 Å². The van der Waals surface area contributed by atoms with Crippen molar-refractivity contribution in [1.29, 1.82) is 0 Å². The highest BCUT2D eigenvalue weighted by Gasteiger charge is 2.21. The van der Waals surface area contributed by atoms with Crippen LogP contribution in [0.1, 0.15) is 31.2 Å². The van der Waals surface area contributed by atoms with Gasteiger partial charge in [-0.3, -0.25) is 14.3 Å². The molecule has 0 aliphatic carbocycles. The highest BCUT2D eigenvalue weighted by atomic mass is 16.5. The average Bonchev–Trinajstić information content (AvgIpc) is 3.19. The number of aromatic nitrogens is 6. The summed E-state index contributed by atoms with van der Waals surface area (Å²) < 4.78 is 8.23. The van der Waals surface area contributed by atoms with Crippen LogP contribution in [0.2, 0.25) is 0 Å². The van der Waals surface area contributed by atoms with Gasteiger partial charge in [-0.05, 0) is 28.8 Å². The largest absolute Gasteiger partial charge is 0.385 e. The third kappa shape index (κ3) is 5.37. The van der Waals surface area contributed by atoms with Gasteiger partial charge in [-0.15, -0.1) is 5.10 Å². The van der Waals surface area contributed by atoms with Gasteiger partial charge in [-0.1, -0.05) is 37.3 Å². The van der Waals surface area contributed by atoms with E-state index in [1.165, 1.54) is 4.57 Å². The molecule has 0 aliphatic rings. The van der Waals surface area contributed by atoms with E-state index in [9.17, 15) is 9.59 Å². The Hall–Kier alpha value is -3.47. The Morgan fingerprint density at radius 3 is 2.71 bits per heavy atom. The van der Waals surface area contributed by atoms with E-state index in [0.717, 1.165) is 12.0 Å². The molecule has 31 heavy (non-hydrogen) atoms. The average molecular weight is 428 g/mol. The van der Waals surface area contributed by atoms with Crippen molar-refractivity contribution in [3.63, 3.8) is 0 Å².